The van der Waals surface area contributed by atoms with E-state index in [0.29, 0.717) is 34.4 Å². The number of fused-ring (bicyclic) bond motifs is 1. The highest BCUT2D eigenvalue weighted by Gasteiger charge is 2.25. The van der Waals surface area contributed by atoms with Crippen LogP contribution in [0.1, 0.15) is 34.6 Å². The minimum Gasteiger partial charge on any atom is -0.467 e. The summed E-state index contributed by atoms with van der Waals surface area (Å²) in [6.45, 7) is 2.21. The molecule has 9 nitrogen and oxygen atoms in total. The number of hydrogen-bond donors (Lipinski definition) is 0. The molecule has 0 aliphatic heterocycles. The van der Waals surface area contributed by atoms with Crippen molar-refractivity contribution in [3.8, 4) is 11.3 Å². The van der Waals surface area contributed by atoms with Crippen molar-refractivity contribution in [2.75, 3.05) is 7.05 Å². The van der Waals surface area contributed by atoms with Crippen LogP contribution in [0.5, 0.6) is 0 Å². The summed E-state index contributed by atoms with van der Waals surface area (Å²) in [7, 11) is 1.69. The molecule has 0 aliphatic carbocycles. The van der Waals surface area contributed by atoms with Crippen LogP contribution >= 0.6 is 0 Å². The van der Waals surface area contributed by atoms with Gasteiger partial charge < -0.3 is 9.32 Å². The third kappa shape index (κ3) is 4.34. The predicted molar refractivity (Wildman–Crippen MR) is 134 cm³/mol. The third-order valence-corrected chi connectivity index (χ3v) is 6.26. The minimum absolute atomic E-state index is 0.0166. The van der Waals surface area contributed by atoms with E-state index in [1.165, 1.54) is 12.1 Å². The molecule has 1 unspecified atom stereocenters. The van der Waals surface area contributed by atoms with Gasteiger partial charge in [-0.05, 0) is 30.7 Å². The molecule has 1 amide bonds. The zero-order chi connectivity index (χ0) is 25.2. The molecule has 0 radical (unpaired) electrons. The van der Waals surface area contributed by atoms with Gasteiger partial charge in [0.05, 0.1) is 40.1 Å². The number of non-ortho nitro benzene ring substituents is 1. The van der Waals surface area contributed by atoms with Crippen LogP contribution in [0.3, 0.4) is 0 Å². The topological polar surface area (TPSA) is 107 Å². The second-order valence-corrected chi connectivity index (χ2v) is 8.48. The predicted octanol–water partition coefficient (Wildman–Crippen LogP) is 5.48. The van der Waals surface area contributed by atoms with Crippen LogP contribution in [0.2, 0.25) is 0 Å². The number of pyridine rings is 1. The summed E-state index contributed by atoms with van der Waals surface area (Å²) in [5.74, 6) is 0.479. The standard InChI is InChI=1S/C27H23N5O4/c1-18(20-10-6-11-21(14-20)32(34)35)30(2)27(33)23-15-25(19-8-4-3-5-9-19)29-26-24(23)16-28-31(26)17-22-12-7-13-36-22/h3-16,18H,17H2,1-2H3. The van der Waals surface area contributed by atoms with Crippen molar-refractivity contribution in [2.24, 2.45) is 0 Å². The molecule has 0 N–H and O–H groups in total. The Labute approximate surface area is 206 Å². The van der Waals surface area contributed by atoms with Crippen LogP contribution in [0.4, 0.5) is 5.69 Å². The Morgan fingerprint density at radius 2 is 1.92 bits per heavy atom. The lowest BCUT2D eigenvalue weighted by Crippen LogP contribution is -2.30. The maximum absolute atomic E-state index is 13.8. The maximum atomic E-state index is 13.8. The summed E-state index contributed by atoms with van der Waals surface area (Å²) >= 11 is 0. The number of benzene rings is 2. The molecule has 3 heterocycles. The van der Waals surface area contributed by atoms with Crippen molar-refractivity contribution in [2.45, 2.75) is 19.5 Å². The molecule has 9 heteroatoms. The van der Waals surface area contributed by atoms with Gasteiger partial charge in [0.25, 0.3) is 11.6 Å². The first-order valence-corrected chi connectivity index (χ1v) is 11.4. The SMILES string of the molecule is CC(c1cccc([N+](=O)[O-])c1)N(C)C(=O)c1cc(-c2ccccc2)nc2c1cnn2Cc1ccco1. The number of carbonyl (C=O) groups excluding carboxylic acids is 1. The van der Waals surface area contributed by atoms with E-state index < -0.39 is 11.0 Å². The van der Waals surface area contributed by atoms with Gasteiger partial charge in [-0.1, -0.05) is 42.5 Å². The molecule has 0 saturated carbocycles. The van der Waals surface area contributed by atoms with Gasteiger partial charge in [0, 0.05) is 24.7 Å². The number of aromatic nitrogens is 3. The first-order chi connectivity index (χ1) is 17.4. The Morgan fingerprint density at radius 3 is 2.64 bits per heavy atom. The quantitative estimate of drug-likeness (QED) is 0.225. The van der Waals surface area contributed by atoms with E-state index in [4.69, 9.17) is 9.40 Å². The molecule has 0 aliphatic rings. The largest absolute Gasteiger partial charge is 0.467 e. The van der Waals surface area contributed by atoms with Gasteiger partial charge in [-0.2, -0.15) is 5.10 Å². The molecule has 0 bridgehead atoms. The highest BCUT2D eigenvalue weighted by atomic mass is 16.6. The highest BCUT2D eigenvalue weighted by molar-refractivity contribution is 6.06. The Bertz CT molecular complexity index is 1540. The average molecular weight is 482 g/mol. The summed E-state index contributed by atoms with van der Waals surface area (Å²) in [6.07, 6.45) is 3.24. The number of hydrogen-bond acceptors (Lipinski definition) is 6. The summed E-state index contributed by atoms with van der Waals surface area (Å²) < 4.78 is 7.19. The molecule has 180 valence electrons. The van der Waals surface area contributed by atoms with E-state index in [9.17, 15) is 14.9 Å². The van der Waals surface area contributed by atoms with Gasteiger partial charge in [0.1, 0.15) is 12.3 Å². The number of nitro benzene ring substituents is 1. The number of furan rings is 1. The van der Waals surface area contributed by atoms with Crippen molar-refractivity contribution >= 4 is 22.6 Å². The number of amides is 1. The van der Waals surface area contributed by atoms with Gasteiger partial charge in [0.15, 0.2) is 5.65 Å². The molecule has 1 atom stereocenters. The smallest absolute Gasteiger partial charge is 0.269 e. The first-order valence-electron chi connectivity index (χ1n) is 11.4. The van der Waals surface area contributed by atoms with E-state index >= 15 is 0 Å². The fraction of sp³-hybridized carbons (Fsp3) is 0.148. The van der Waals surface area contributed by atoms with Crippen molar-refractivity contribution in [1.29, 1.82) is 0 Å². The lowest BCUT2D eigenvalue weighted by atomic mass is 10.0. The van der Waals surface area contributed by atoms with Gasteiger partial charge >= 0.3 is 0 Å². The highest BCUT2D eigenvalue weighted by Crippen LogP contribution is 2.29. The van der Waals surface area contributed by atoms with E-state index in [1.54, 1.807) is 47.3 Å². The van der Waals surface area contributed by atoms with E-state index in [1.807, 2.05) is 49.4 Å². The molecule has 2 aromatic carbocycles. The molecular weight excluding hydrogens is 458 g/mol. The van der Waals surface area contributed by atoms with Gasteiger partial charge in [0.2, 0.25) is 0 Å². The normalized spacial score (nSPS) is 11.9. The molecule has 0 fully saturated rings. The van der Waals surface area contributed by atoms with E-state index in [-0.39, 0.29) is 11.6 Å². The average Bonchev–Trinajstić information content (AvgIpc) is 3.58. The fourth-order valence-corrected chi connectivity index (χ4v) is 4.13. The fourth-order valence-electron chi connectivity index (χ4n) is 4.13. The van der Waals surface area contributed by atoms with Gasteiger partial charge in [-0.15, -0.1) is 0 Å². The van der Waals surface area contributed by atoms with Crippen molar-refractivity contribution < 1.29 is 14.1 Å². The van der Waals surface area contributed by atoms with Crippen molar-refractivity contribution in [1.82, 2.24) is 19.7 Å². The Hall–Kier alpha value is -4.79. The number of carbonyl (C=O) groups is 1. The molecule has 0 spiro atoms. The maximum Gasteiger partial charge on any atom is 0.269 e. The lowest BCUT2D eigenvalue weighted by Gasteiger charge is -2.26. The van der Waals surface area contributed by atoms with Crippen LogP contribution in [-0.2, 0) is 6.54 Å². The summed E-state index contributed by atoms with van der Waals surface area (Å²) in [5.41, 5.74) is 3.17. The van der Waals surface area contributed by atoms with Crippen LogP contribution in [-0.4, -0.2) is 37.5 Å². The lowest BCUT2D eigenvalue weighted by molar-refractivity contribution is -0.384. The Balaban J connectivity index is 1.58. The summed E-state index contributed by atoms with van der Waals surface area (Å²) in [4.78, 5) is 31.0. The first kappa shape index (κ1) is 23.0. The third-order valence-electron chi connectivity index (χ3n) is 6.26. The minimum atomic E-state index is -0.440. The van der Waals surface area contributed by atoms with Gasteiger partial charge in [-0.3, -0.25) is 14.9 Å². The second kappa shape index (κ2) is 9.46. The van der Waals surface area contributed by atoms with Crippen LogP contribution in [0, 0.1) is 10.1 Å². The molecule has 5 aromatic rings. The molecule has 36 heavy (non-hydrogen) atoms. The van der Waals surface area contributed by atoms with Crippen LogP contribution < -0.4 is 0 Å². The van der Waals surface area contributed by atoms with E-state index in [0.717, 1.165) is 11.3 Å². The Morgan fingerprint density at radius 1 is 1.11 bits per heavy atom. The summed E-state index contributed by atoms with van der Waals surface area (Å²) in [6, 6.07) is 21.0. The van der Waals surface area contributed by atoms with Crippen molar-refractivity contribution in [3.05, 3.63) is 112 Å². The number of nitro groups is 1. The van der Waals surface area contributed by atoms with Crippen LogP contribution in [0.25, 0.3) is 22.3 Å². The zero-order valence-electron chi connectivity index (χ0n) is 19.7. The zero-order valence-corrected chi connectivity index (χ0v) is 19.7. The number of rotatable bonds is 7. The Kier molecular flexibility index (Phi) is 6.03. The van der Waals surface area contributed by atoms with Crippen molar-refractivity contribution in [3.63, 3.8) is 0 Å². The monoisotopic (exact) mass is 481 g/mol. The second-order valence-electron chi connectivity index (χ2n) is 8.48. The summed E-state index contributed by atoms with van der Waals surface area (Å²) in [5, 5.41) is 16.3. The molecule has 3 aromatic heterocycles. The molecule has 5 rings (SSSR count). The van der Waals surface area contributed by atoms with Crippen LogP contribution in [0.15, 0.2) is 89.7 Å². The number of nitrogens with zero attached hydrogens (tertiary/aromatic N) is 5. The molecule has 0 saturated heterocycles. The van der Waals surface area contributed by atoms with E-state index in [2.05, 4.69) is 5.10 Å². The van der Waals surface area contributed by atoms with Gasteiger partial charge in [-0.25, -0.2) is 9.67 Å². The molecular formula is C27H23N5O4.